The number of carbonyl (C=O) groups excluding carboxylic acids is 1. The van der Waals surface area contributed by atoms with Crippen LogP contribution in [-0.4, -0.2) is 39.2 Å². The van der Waals surface area contributed by atoms with E-state index in [1.807, 2.05) is 30.3 Å². The largest absolute Gasteiger partial charge is 0.360 e. The highest BCUT2D eigenvalue weighted by Crippen LogP contribution is 2.32. The number of hydrogen-bond donors (Lipinski definition) is 1. The number of benzene rings is 1. The molecule has 3 aromatic rings. The second kappa shape index (κ2) is 7.32. The predicted octanol–water partition coefficient (Wildman–Crippen LogP) is 2.84. The number of rotatable bonds is 5. The summed E-state index contributed by atoms with van der Waals surface area (Å²) in [6.45, 7) is 5.02. The van der Waals surface area contributed by atoms with Crippen molar-refractivity contribution in [2.75, 3.05) is 18.4 Å². The van der Waals surface area contributed by atoms with Crippen molar-refractivity contribution in [1.29, 1.82) is 0 Å². The van der Waals surface area contributed by atoms with E-state index in [1.165, 1.54) is 0 Å². The number of likely N-dealkylation sites (tertiary alicyclic amines) is 1. The molecule has 2 aromatic heterocycles. The van der Waals surface area contributed by atoms with Gasteiger partial charge in [0.25, 0.3) is 0 Å². The van der Waals surface area contributed by atoms with Gasteiger partial charge in [-0.1, -0.05) is 40.6 Å². The molecule has 1 N–H and O–H groups in total. The molecule has 1 saturated heterocycles. The van der Waals surface area contributed by atoms with Crippen LogP contribution < -0.4 is 5.32 Å². The Morgan fingerprint density at radius 2 is 2.04 bits per heavy atom. The molecule has 1 aliphatic rings. The first kappa shape index (κ1) is 17.4. The van der Waals surface area contributed by atoms with Crippen LogP contribution in [0.5, 0.6) is 0 Å². The maximum Gasteiger partial charge on any atom is 0.247 e. The fourth-order valence-electron chi connectivity index (χ4n) is 3.50. The van der Waals surface area contributed by atoms with E-state index < -0.39 is 6.04 Å². The summed E-state index contributed by atoms with van der Waals surface area (Å²) in [7, 11) is 0. The summed E-state index contributed by atoms with van der Waals surface area (Å²) in [4.78, 5) is 19.6. The monoisotopic (exact) mass is 367 g/mol. The molecule has 3 heterocycles. The minimum atomic E-state index is -0.429. The van der Waals surface area contributed by atoms with E-state index in [2.05, 4.69) is 25.5 Å². The van der Waals surface area contributed by atoms with E-state index in [4.69, 9.17) is 9.05 Å². The first-order valence-corrected chi connectivity index (χ1v) is 8.93. The predicted molar refractivity (Wildman–Crippen MR) is 97.0 cm³/mol. The van der Waals surface area contributed by atoms with Gasteiger partial charge in [-0.2, -0.15) is 4.98 Å². The van der Waals surface area contributed by atoms with E-state index in [1.54, 1.807) is 19.9 Å². The zero-order valence-corrected chi connectivity index (χ0v) is 15.3. The Morgan fingerprint density at radius 3 is 2.70 bits per heavy atom. The van der Waals surface area contributed by atoms with Crippen LogP contribution in [0.2, 0.25) is 0 Å². The van der Waals surface area contributed by atoms with E-state index in [0.717, 1.165) is 18.5 Å². The summed E-state index contributed by atoms with van der Waals surface area (Å²) in [5.74, 6) is 2.34. The van der Waals surface area contributed by atoms with Crippen LogP contribution in [0.4, 0.5) is 5.82 Å². The van der Waals surface area contributed by atoms with Gasteiger partial charge in [-0.25, -0.2) is 0 Å². The van der Waals surface area contributed by atoms with Crippen molar-refractivity contribution in [2.45, 2.75) is 32.2 Å². The lowest BCUT2D eigenvalue weighted by Gasteiger charge is -2.26. The number of amides is 1. The number of hydrogen-bond acceptors (Lipinski definition) is 7. The molecule has 1 aromatic carbocycles. The topological polar surface area (TPSA) is 97.3 Å². The van der Waals surface area contributed by atoms with Gasteiger partial charge in [0.05, 0.1) is 0 Å². The fourth-order valence-corrected chi connectivity index (χ4v) is 3.50. The molecule has 1 fully saturated rings. The summed E-state index contributed by atoms with van der Waals surface area (Å²) in [6.07, 6.45) is 0.874. The van der Waals surface area contributed by atoms with Crippen LogP contribution in [-0.2, 0) is 4.79 Å². The second-order valence-electron chi connectivity index (χ2n) is 6.78. The van der Waals surface area contributed by atoms with Gasteiger partial charge in [-0.15, -0.1) is 0 Å². The van der Waals surface area contributed by atoms with Crippen molar-refractivity contribution in [2.24, 2.45) is 0 Å². The number of carbonyl (C=O) groups is 1. The van der Waals surface area contributed by atoms with E-state index in [0.29, 0.717) is 29.8 Å². The first-order valence-electron chi connectivity index (χ1n) is 8.93. The summed E-state index contributed by atoms with van der Waals surface area (Å²) < 4.78 is 10.2. The number of aromatic nitrogens is 3. The Hall–Kier alpha value is -3.00. The third-order valence-corrected chi connectivity index (χ3v) is 4.74. The van der Waals surface area contributed by atoms with Crippen LogP contribution in [0, 0.1) is 13.8 Å². The fraction of sp³-hybridized carbons (Fsp3) is 0.368. The molecule has 2 atom stereocenters. The minimum absolute atomic E-state index is 0.139. The van der Waals surface area contributed by atoms with E-state index in [9.17, 15) is 4.79 Å². The molecule has 1 aliphatic heterocycles. The van der Waals surface area contributed by atoms with Gasteiger partial charge in [0.15, 0.2) is 11.6 Å². The summed E-state index contributed by atoms with van der Waals surface area (Å²) in [5.41, 5.74) is 0.931. The Labute approximate surface area is 156 Å². The third-order valence-electron chi connectivity index (χ3n) is 4.74. The summed E-state index contributed by atoms with van der Waals surface area (Å²) in [5, 5.41) is 10.8. The zero-order valence-electron chi connectivity index (χ0n) is 15.3. The Bertz CT molecular complexity index is 920. The molecular weight excluding hydrogens is 346 g/mol. The smallest absolute Gasteiger partial charge is 0.247 e. The molecule has 0 radical (unpaired) electrons. The average Bonchev–Trinajstić information content (AvgIpc) is 3.38. The highest BCUT2D eigenvalue weighted by molar-refractivity contribution is 5.94. The highest BCUT2D eigenvalue weighted by atomic mass is 16.5. The van der Waals surface area contributed by atoms with Gasteiger partial charge < -0.3 is 14.4 Å². The van der Waals surface area contributed by atoms with Gasteiger partial charge in [-0.05, 0) is 18.9 Å². The summed E-state index contributed by atoms with van der Waals surface area (Å²) >= 11 is 0. The summed E-state index contributed by atoms with van der Waals surface area (Å²) in [6, 6.07) is 11.0. The van der Waals surface area contributed by atoms with Crippen LogP contribution in [0.15, 0.2) is 45.4 Å². The molecule has 4 rings (SSSR count). The van der Waals surface area contributed by atoms with Crippen LogP contribution >= 0.6 is 0 Å². The molecule has 27 heavy (non-hydrogen) atoms. The molecule has 2 unspecified atom stereocenters. The second-order valence-corrected chi connectivity index (χ2v) is 6.78. The van der Waals surface area contributed by atoms with E-state index in [-0.39, 0.29) is 11.8 Å². The van der Waals surface area contributed by atoms with Crippen molar-refractivity contribution >= 4 is 11.7 Å². The first-order chi connectivity index (χ1) is 13.1. The maximum atomic E-state index is 13.1. The molecular formula is C19H21N5O3. The van der Waals surface area contributed by atoms with Gasteiger partial charge >= 0.3 is 0 Å². The van der Waals surface area contributed by atoms with Crippen molar-refractivity contribution in [3.8, 4) is 0 Å². The molecule has 0 saturated carbocycles. The number of nitrogens with zero attached hydrogens (tertiary/aromatic N) is 4. The van der Waals surface area contributed by atoms with Crippen molar-refractivity contribution in [1.82, 2.24) is 20.2 Å². The van der Waals surface area contributed by atoms with Crippen LogP contribution in [0.3, 0.4) is 0 Å². The van der Waals surface area contributed by atoms with Gasteiger partial charge in [0.1, 0.15) is 11.8 Å². The SMILES string of the molecule is Cc1cc(NC(=O)C(c2ccccc2)N2CCC(c3noc(C)n3)C2)no1. The van der Waals surface area contributed by atoms with Gasteiger partial charge in [-0.3, -0.25) is 9.69 Å². The number of anilines is 1. The lowest BCUT2D eigenvalue weighted by atomic mass is 10.0. The maximum absolute atomic E-state index is 13.1. The molecule has 0 spiro atoms. The molecule has 8 nitrogen and oxygen atoms in total. The average molecular weight is 367 g/mol. The zero-order chi connectivity index (χ0) is 18.8. The highest BCUT2D eigenvalue weighted by Gasteiger charge is 2.36. The lowest BCUT2D eigenvalue weighted by Crippen LogP contribution is -2.36. The quantitative estimate of drug-likeness (QED) is 0.740. The molecule has 0 bridgehead atoms. The number of nitrogens with one attached hydrogen (secondary N) is 1. The number of aryl methyl sites for hydroxylation is 2. The molecule has 140 valence electrons. The Balaban J connectivity index is 1.56. The van der Waals surface area contributed by atoms with Crippen LogP contribution in [0.25, 0.3) is 0 Å². The Morgan fingerprint density at radius 1 is 1.22 bits per heavy atom. The third kappa shape index (κ3) is 3.75. The van der Waals surface area contributed by atoms with Gasteiger partial charge in [0.2, 0.25) is 11.8 Å². The molecule has 8 heteroatoms. The van der Waals surface area contributed by atoms with Crippen molar-refractivity contribution < 1.29 is 13.8 Å². The van der Waals surface area contributed by atoms with Crippen LogP contribution in [0.1, 0.15) is 41.4 Å². The standard InChI is InChI=1S/C19H21N5O3/c1-12-10-16(22-26-12)21-19(25)17(14-6-4-3-5-7-14)24-9-8-15(11-24)18-20-13(2)27-23-18/h3-7,10,15,17H,8-9,11H2,1-2H3,(H,21,22,25). The van der Waals surface area contributed by atoms with Crippen molar-refractivity contribution in [3.63, 3.8) is 0 Å². The van der Waals surface area contributed by atoms with E-state index >= 15 is 0 Å². The van der Waals surface area contributed by atoms with Crippen molar-refractivity contribution in [3.05, 3.63) is 59.4 Å². The van der Waals surface area contributed by atoms with Gasteiger partial charge in [0, 0.05) is 32.0 Å². The Kier molecular flexibility index (Phi) is 4.72. The molecule has 0 aliphatic carbocycles. The molecule has 1 amide bonds. The normalized spacial score (nSPS) is 18.5. The lowest BCUT2D eigenvalue weighted by molar-refractivity contribution is -0.121. The minimum Gasteiger partial charge on any atom is -0.360 e.